The molecular formula is C15H19N3O2. The lowest BCUT2D eigenvalue weighted by Crippen LogP contribution is -2.26. The van der Waals surface area contributed by atoms with Gasteiger partial charge in [-0.2, -0.15) is 0 Å². The molecule has 0 saturated carbocycles. The number of nitrogens with zero attached hydrogens (tertiary/aromatic N) is 1. The fourth-order valence-electron chi connectivity index (χ4n) is 2.03. The third-order valence-corrected chi connectivity index (χ3v) is 2.97. The quantitative estimate of drug-likeness (QED) is 0.848. The Kier molecular flexibility index (Phi) is 4.90. The van der Waals surface area contributed by atoms with Gasteiger partial charge in [0.25, 0.3) is 0 Å². The number of nitrogens with two attached hydrogens (primary N) is 1. The minimum atomic E-state index is -0.0857. The van der Waals surface area contributed by atoms with Crippen molar-refractivity contribution in [3.63, 3.8) is 0 Å². The molecule has 0 saturated heterocycles. The molecule has 5 heteroatoms. The van der Waals surface area contributed by atoms with Crippen molar-refractivity contribution in [2.24, 2.45) is 5.73 Å². The number of anilines is 1. The minimum absolute atomic E-state index is 0.0688. The summed E-state index contributed by atoms with van der Waals surface area (Å²) in [7, 11) is 0. The predicted molar refractivity (Wildman–Crippen MR) is 78.1 cm³/mol. The average Bonchev–Trinajstić information content (AvgIpc) is 2.92. The first-order valence-corrected chi connectivity index (χ1v) is 6.73. The van der Waals surface area contributed by atoms with Gasteiger partial charge in [0, 0.05) is 23.7 Å². The molecule has 0 bridgehead atoms. The monoisotopic (exact) mass is 273 g/mol. The maximum Gasteiger partial charge on any atom is 0.225 e. The summed E-state index contributed by atoms with van der Waals surface area (Å²) in [5.41, 5.74) is 7.46. The van der Waals surface area contributed by atoms with Crippen molar-refractivity contribution in [1.82, 2.24) is 4.98 Å². The van der Waals surface area contributed by atoms with Crippen molar-refractivity contribution in [3.8, 4) is 11.3 Å². The molecule has 0 spiro atoms. The number of amides is 1. The van der Waals surface area contributed by atoms with E-state index in [0.717, 1.165) is 24.1 Å². The molecule has 5 nitrogen and oxygen atoms in total. The Hall–Kier alpha value is -2.14. The molecular weight excluding hydrogens is 254 g/mol. The number of carbonyl (C=O) groups is 1. The van der Waals surface area contributed by atoms with E-state index in [2.05, 4.69) is 17.2 Å². The van der Waals surface area contributed by atoms with Gasteiger partial charge in [-0.15, -0.1) is 0 Å². The average molecular weight is 273 g/mol. The van der Waals surface area contributed by atoms with E-state index in [9.17, 15) is 4.79 Å². The molecule has 106 valence electrons. The summed E-state index contributed by atoms with van der Waals surface area (Å²) in [4.78, 5) is 15.7. The first kappa shape index (κ1) is 14.3. The molecule has 1 aromatic carbocycles. The summed E-state index contributed by atoms with van der Waals surface area (Å²) in [6.07, 6.45) is 5.18. The Morgan fingerprint density at radius 1 is 1.50 bits per heavy atom. The van der Waals surface area contributed by atoms with Crippen LogP contribution in [0.4, 0.5) is 5.69 Å². The maximum atomic E-state index is 11.9. The molecule has 0 radical (unpaired) electrons. The van der Waals surface area contributed by atoms with Crippen molar-refractivity contribution in [1.29, 1.82) is 0 Å². The third-order valence-electron chi connectivity index (χ3n) is 2.97. The fraction of sp³-hybridized carbons (Fsp3) is 0.333. The van der Waals surface area contributed by atoms with Crippen LogP contribution in [0.5, 0.6) is 0 Å². The highest BCUT2D eigenvalue weighted by molar-refractivity contribution is 5.91. The van der Waals surface area contributed by atoms with E-state index >= 15 is 0 Å². The van der Waals surface area contributed by atoms with Gasteiger partial charge in [0.15, 0.2) is 12.2 Å². The largest absolute Gasteiger partial charge is 0.444 e. The Balaban J connectivity index is 1.99. The van der Waals surface area contributed by atoms with Crippen LogP contribution in [0.25, 0.3) is 11.3 Å². The number of rotatable bonds is 6. The lowest BCUT2D eigenvalue weighted by molar-refractivity contribution is -0.116. The summed E-state index contributed by atoms with van der Waals surface area (Å²) >= 11 is 0. The lowest BCUT2D eigenvalue weighted by atomic mass is 10.1. The Morgan fingerprint density at radius 2 is 2.35 bits per heavy atom. The molecule has 2 rings (SSSR count). The highest BCUT2D eigenvalue weighted by Crippen LogP contribution is 2.22. The van der Waals surface area contributed by atoms with Gasteiger partial charge in [0.2, 0.25) is 5.91 Å². The first-order valence-electron chi connectivity index (χ1n) is 6.73. The van der Waals surface area contributed by atoms with Gasteiger partial charge >= 0.3 is 0 Å². The normalized spacial score (nSPS) is 12.1. The number of hydrogen-bond acceptors (Lipinski definition) is 4. The SMILES string of the molecule is CCCC(N)CC(=O)Nc1cccc(-c2cnco2)c1. The van der Waals surface area contributed by atoms with Crippen LogP contribution in [0.1, 0.15) is 26.2 Å². The van der Waals surface area contributed by atoms with E-state index in [-0.39, 0.29) is 11.9 Å². The number of hydrogen-bond donors (Lipinski definition) is 2. The standard InChI is InChI=1S/C15H19N3O2/c1-2-4-12(16)8-15(19)18-13-6-3-5-11(7-13)14-9-17-10-20-14/h3,5-7,9-10,12H,2,4,8,16H2,1H3,(H,18,19). The van der Waals surface area contributed by atoms with Gasteiger partial charge in [0.05, 0.1) is 6.20 Å². The molecule has 0 aliphatic heterocycles. The second-order valence-corrected chi connectivity index (χ2v) is 4.75. The van der Waals surface area contributed by atoms with Crippen molar-refractivity contribution in [2.45, 2.75) is 32.2 Å². The number of aromatic nitrogens is 1. The van der Waals surface area contributed by atoms with E-state index in [0.29, 0.717) is 12.2 Å². The Morgan fingerprint density at radius 3 is 3.05 bits per heavy atom. The molecule has 0 fully saturated rings. The summed E-state index contributed by atoms with van der Waals surface area (Å²) < 4.78 is 5.23. The van der Waals surface area contributed by atoms with E-state index < -0.39 is 0 Å². The third kappa shape index (κ3) is 3.93. The molecule has 1 aromatic heterocycles. The van der Waals surface area contributed by atoms with Crippen LogP contribution < -0.4 is 11.1 Å². The van der Waals surface area contributed by atoms with Crippen molar-refractivity contribution < 1.29 is 9.21 Å². The zero-order chi connectivity index (χ0) is 14.4. The van der Waals surface area contributed by atoms with Crippen molar-refractivity contribution in [2.75, 3.05) is 5.32 Å². The van der Waals surface area contributed by atoms with E-state index in [4.69, 9.17) is 10.2 Å². The number of benzene rings is 1. The second-order valence-electron chi connectivity index (χ2n) is 4.75. The van der Waals surface area contributed by atoms with Gasteiger partial charge in [-0.1, -0.05) is 25.5 Å². The van der Waals surface area contributed by atoms with Gasteiger partial charge in [0.1, 0.15) is 0 Å². The van der Waals surface area contributed by atoms with Gasteiger partial charge in [-0.25, -0.2) is 4.98 Å². The second kappa shape index (κ2) is 6.86. The summed E-state index contributed by atoms with van der Waals surface area (Å²) in [6.45, 7) is 2.05. The van der Waals surface area contributed by atoms with Crippen LogP contribution in [-0.2, 0) is 4.79 Å². The van der Waals surface area contributed by atoms with E-state index in [1.165, 1.54) is 6.39 Å². The highest BCUT2D eigenvalue weighted by Gasteiger charge is 2.09. The molecule has 0 aliphatic rings. The Bertz CT molecular complexity index is 552. The topological polar surface area (TPSA) is 81.2 Å². The number of oxazole rings is 1. The van der Waals surface area contributed by atoms with Crippen LogP contribution in [0.3, 0.4) is 0 Å². The molecule has 1 unspecified atom stereocenters. The van der Waals surface area contributed by atoms with Gasteiger partial charge in [-0.05, 0) is 18.6 Å². The summed E-state index contributed by atoms with van der Waals surface area (Å²) in [5, 5.41) is 2.85. The van der Waals surface area contributed by atoms with Crippen molar-refractivity contribution >= 4 is 11.6 Å². The van der Waals surface area contributed by atoms with E-state index in [1.807, 2.05) is 24.3 Å². The van der Waals surface area contributed by atoms with Crippen LogP contribution in [0, 0.1) is 0 Å². The Labute approximate surface area is 118 Å². The maximum absolute atomic E-state index is 11.9. The molecule has 0 aliphatic carbocycles. The van der Waals surface area contributed by atoms with Gasteiger partial charge in [-0.3, -0.25) is 4.79 Å². The predicted octanol–water partition coefficient (Wildman–Crippen LogP) is 2.80. The fourth-order valence-corrected chi connectivity index (χ4v) is 2.03. The van der Waals surface area contributed by atoms with E-state index in [1.54, 1.807) is 6.20 Å². The van der Waals surface area contributed by atoms with Crippen LogP contribution in [0.15, 0.2) is 41.3 Å². The summed E-state index contributed by atoms with van der Waals surface area (Å²) in [6, 6.07) is 7.36. The highest BCUT2D eigenvalue weighted by atomic mass is 16.3. The molecule has 1 heterocycles. The minimum Gasteiger partial charge on any atom is -0.444 e. The van der Waals surface area contributed by atoms with Crippen molar-refractivity contribution in [3.05, 3.63) is 36.9 Å². The van der Waals surface area contributed by atoms with Gasteiger partial charge < -0.3 is 15.5 Å². The molecule has 1 atom stereocenters. The lowest BCUT2D eigenvalue weighted by Gasteiger charge is -2.11. The molecule has 20 heavy (non-hydrogen) atoms. The molecule has 1 amide bonds. The number of nitrogens with one attached hydrogen (secondary N) is 1. The van der Waals surface area contributed by atoms with Crippen LogP contribution in [-0.4, -0.2) is 16.9 Å². The zero-order valence-corrected chi connectivity index (χ0v) is 11.5. The molecule has 3 N–H and O–H groups in total. The zero-order valence-electron chi connectivity index (χ0n) is 11.5. The molecule has 2 aromatic rings. The smallest absolute Gasteiger partial charge is 0.225 e. The summed E-state index contributed by atoms with van der Waals surface area (Å²) in [5.74, 6) is 0.601. The van der Waals surface area contributed by atoms with Crippen LogP contribution in [0.2, 0.25) is 0 Å². The first-order chi connectivity index (χ1) is 9.69. The number of carbonyl (C=O) groups excluding carboxylic acids is 1. The van der Waals surface area contributed by atoms with Crippen LogP contribution >= 0.6 is 0 Å².